The van der Waals surface area contributed by atoms with Crippen molar-refractivity contribution in [1.82, 2.24) is 4.98 Å². The number of nitrogens with zero attached hydrogens (tertiary/aromatic N) is 1. The van der Waals surface area contributed by atoms with Crippen LogP contribution in [0.2, 0.25) is 0 Å². The quantitative estimate of drug-likeness (QED) is 0.862. The number of hydrogen-bond donors (Lipinski definition) is 1. The smallest absolute Gasteiger partial charge is 0.0998 e. The highest BCUT2D eigenvalue weighted by molar-refractivity contribution is 7.07. The topological polar surface area (TPSA) is 42.4 Å². The van der Waals surface area contributed by atoms with Crippen LogP contribution in [0.15, 0.2) is 10.9 Å². The Morgan fingerprint density at radius 1 is 1.56 bits per heavy atom. The molecule has 1 spiro atoms. The van der Waals surface area contributed by atoms with E-state index in [0.29, 0.717) is 5.92 Å². The number of aliphatic hydroxyl groups excluding tert-OH is 1. The minimum absolute atomic E-state index is 0.111. The van der Waals surface area contributed by atoms with Gasteiger partial charge in [0, 0.05) is 12.0 Å². The summed E-state index contributed by atoms with van der Waals surface area (Å²) in [6.45, 7) is 0.797. The predicted molar refractivity (Wildman–Crippen MR) is 62.3 cm³/mol. The first-order valence-corrected chi connectivity index (χ1v) is 6.93. The van der Waals surface area contributed by atoms with Crippen LogP contribution in [-0.2, 0) is 4.74 Å². The van der Waals surface area contributed by atoms with Gasteiger partial charge in [-0.2, -0.15) is 0 Å². The molecule has 0 aromatic carbocycles. The second-order valence-electron chi connectivity index (χ2n) is 5.00. The molecule has 0 bridgehead atoms. The fourth-order valence-corrected chi connectivity index (χ4v) is 3.45. The Labute approximate surface area is 99.5 Å². The summed E-state index contributed by atoms with van der Waals surface area (Å²) in [7, 11) is 0. The van der Waals surface area contributed by atoms with Crippen molar-refractivity contribution in [3.8, 4) is 0 Å². The third kappa shape index (κ3) is 1.79. The molecular weight excluding hydrogens is 222 g/mol. The third-order valence-electron chi connectivity index (χ3n) is 4.00. The largest absolute Gasteiger partial charge is 0.386 e. The first kappa shape index (κ1) is 10.7. The van der Waals surface area contributed by atoms with Crippen LogP contribution in [0.5, 0.6) is 0 Å². The Kier molecular flexibility index (Phi) is 2.73. The van der Waals surface area contributed by atoms with Gasteiger partial charge in [0.2, 0.25) is 0 Å². The van der Waals surface area contributed by atoms with E-state index in [-0.39, 0.29) is 5.60 Å². The summed E-state index contributed by atoms with van der Waals surface area (Å²) in [5.41, 5.74) is 2.74. The van der Waals surface area contributed by atoms with Gasteiger partial charge >= 0.3 is 0 Å². The summed E-state index contributed by atoms with van der Waals surface area (Å²) in [6.07, 6.45) is 5.19. The first-order chi connectivity index (χ1) is 7.79. The van der Waals surface area contributed by atoms with Gasteiger partial charge in [-0.05, 0) is 38.0 Å². The lowest BCUT2D eigenvalue weighted by Crippen LogP contribution is -2.46. The van der Waals surface area contributed by atoms with Gasteiger partial charge in [0.15, 0.2) is 0 Å². The maximum atomic E-state index is 10.3. The van der Waals surface area contributed by atoms with Crippen molar-refractivity contribution in [2.45, 2.75) is 43.8 Å². The van der Waals surface area contributed by atoms with E-state index in [1.54, 1.807) is 16.8 Å². The molecule has 2 unspecified atom stereocenters. The van der Waals surface area contributed by atoms with Crippen LogP contribution in [0.25, 0.3) is 0 Å². The van der Waals surface area contributed by atoms with Crippen LogP contribution in [0.3, 0.4) is 0 Å². The molecule has 2 fully saturated rings. The van der Waals surface area contributed by atoms with Crippen LogP contribution in [0, 0.1) is 5.92 Å². The molecule has 1 N–H and O–H groups in total. The van der Waals surface area contributed by atoms with Crippen LogP contribution in [0.4, 0.5) is 0 Å². The van der Waals surface area contributed by atoms with Crippen molar-refractivity contribution in [3.05, 3.63) is 16.6 Å². The summed E-state index contributed by atoms with van der Waals surface area (Å²) in [5, 5.41) is 12.2. The SMILES string of the molecule is OC(c1cscn1)C1CCOC2(CCC2)C1. The van der Waals surface area contributed by atoms with E-state index in [4.69, 9.17) is 4.74 Å². The number of rotatable bonds is 2. The molecule has 1 aromatic heterocycles. The second-order valence-corrected chi connectivity index (χ2v) is 5.71. The molecule has 2 atom stereocenters. The Balaban J connectivity index is 1.70. The van der Waals surface area contributed by atoms with E-state index < -0.39 is 6.10 Å². The number of aliphatic hydroxyl groups is 1. The Morgan fingerprint density at radius 3 is 3.06 bits per heavy atom. The molecule has 1 saturated heterocycles. The first-order valence-electron chi connectivity index (χ1n) is 5.99. The second kappa shape index (κ2) is 4.09. The molecule has 1 aliphatic heterocycles. The van der Waals surface area contributed by atoms with Gasteiger partial charge in [-0.15, -0.1) is 11.3 Å². The highest BCUT2D eigenvalue weighted by atomic mass is 32.1. The van der Waals surface area contributed by atoms with Crippen LogP contribution in [-0.4, -0.2) is 22.3 Å². The molecule has 1 saturated carbocycles. The Hall–Kier alpha value is -0.450. The van der Waals surface area contributed by atoms with Crippen LogP contribution >= 0.6 is 11.3 Å². The Bertz CT molecular complexity index is 348. The van der Waals surface area contributed by atoms with Crippen LogP contribution < -0.4 is 0 Å². The van der Waals surface area contributed by atoms with Gasteiger partial charge in [-0.3, -0.25) is 0 Å². The molecule has 16 heavy (non-hydrogen) atoms. The van der Waals surface area contributed by atoms with Gasteiger partial charge in [0.05, 0.1) is 22.9 Å². The zero-order valence-corrected chi connectivity index (χ0v) is 10.1. The van der Waals surface area contributed by atoms with E-state index in [1.807, 2.05) is 5.38 Å². The molecule has 0 amide bonds. The van der Waals surface area contributed by atoms with Gasteiger partial charge in [-0.1, -0.05) is 0 Å². The molecule has 2 aliphatic rings. The van der Waals surface area contributed by atoms with Crippen molar-refractivity contribution >= 4 is 11.3 Å². The van der Waals surface area contributed by atoms with Gasteiger partial charge < -0.3 is 9.84 Å². The molecule has 1 aliphatic carbocycles. The summed E-state index contributed by atoms with van der Waals surface area (Å²) in [6, 6.07) is 0. The van der Waals surface area contributed by atoms with Crippen molar-refractivity contribution in [1.29, 1.82) is 0 Å². The summed E-state index contributed by atoms with van der Waals surface area (Å²) < 4.78 is 5.87. The Morgan fingerprint density at radius 2 is 2.44 bits per heavy atom. The fourth-order valence-electron chi connectivity index (χ4n) is 2.86. The molecule has 2 heterocycles. The molecular formula is C12H17NO2S. The van der Waals surface area contributed by atoms with Gasteiger partial charge in [0.1, 0.15) is 0 Å². The van der Waals surface area contributed by atoms with Crippen molar-refractivity contribution in [3.63, 3.8) is 0 Å². The number of aromatic nitrogens is 1. The molecule has 3 rings (SSSR count). The lowest BCUT2D eigenvalue weighted by atomic mass is 9.70. The zero-order valence-electron chi connectivity index (χ0n) is 9.26. The number of thiazole rings is 1. The minimum Gasteiger partial charge on any atom is -0.386 e. The summed E-state index contributed by atoms with van der Waals surface area (Å²) in [4.78, 5) is 4.21. The van der Waals surface area contributed by atoms with Crippen molar-refractivity contribution < 1.29 is 9.84 Å². The standard InChI is InChI=1S/C12H17NO2S/c14-11(10-7-16-8-13-10)9-2-5-15-12(6-9)3-1-4-12/h7-9,11,14H,1-6H2. The fraction of sp³-hybridized carbons (Fsp3) is 0.750. The minimum atomic E-state index is -0.396. The average molecular weight is 239 g/mol. The predicted octanol–water partition coefficient (Wildman–Crippen LogP) is 2.53. The maximum Gasteiger partial charge on any atom is 0.0998 e. The van der Waals surface area contributed by atoms with Crippen molar-refractivity contribution in [2.75, 3.05) is 6.61 Å². The molecule has 0 radical (unpaired) electrons. The number of hydrogen-bond acceptors (Lipinski definition) is 4. The number of ether oxygens (including phenoxy) is 1. The average Bonchev–Trinajstić information content (AvgIpc) is 2.79. The monoisotopic (exact) mass is 239 g/mol. The summed E-state index contributed by atoms with van der Waals surface area (Å²) >= 11 is 1.55. The van der Waals surface area contributed by atoms with Crippen LogP contribution in [0.1, 0.15) is 43.9 Å². The zero-order chi connectivity index (χ0) is 11.0. The van der Waals surface area contributed by atoms with E-state index in [2.05, 4.69) is 4.98 Å². The van der Waals surface area contributed by atoms with E-state index >= 15 is 0 Å². The highest BCUT2D eigenvalue weighted by Gasteiger charge is 2.44. The van der Waals surface area contributed by atoms with Gasteiger partial charge in [0.25, 0.3) is 0 Å². The van der Waals surface area contributed by atoms with E-state index in [1.165, 1.54) is 19.3 Å². The maximum absolute atomic E-state index is 10.3. The van der Waals surface area contributed by atoms with Gasteiger partial charge in [-0.25, -0.2) is 4.98 Å². The van der Waals surface area contributed by atoms with Crippen molar-refractivity contribution in [2.24, 2.45) is 5.92 Å². The van der Waals surface area contributed by atoms with E-state index in [9.17, 15) is 5.11 Å². The highest BCUT2D eigenvalue weighted by Crippen LogP contribution is 2.46. The lowest BCUT2D eigenvalue weighted by molar-refractivity contribution is -0.157. The molecule has 1 aromatic rings. The lowest BCUT2D eigenvalue weighted by Gasteiger charge is -2.48. The third-order valence-corrected chi connectivity index (χ3v) is 4.60. The molecule has 88 valence electrons. The molecule has 3 nitrogen and oxygen atoms in total. The molecule has 4 heteroatoms. The summed E-state index contributed by atoms with van der Waals surface area (Å²) in [5.74, 6) is 0.330. The van der Waals surface area contributed by atoms with E-state index in [0.717, 1.165) is 25.1 Å². The normalized spacial score (nSPS) is 29.9.